The van der Waals surface area contributed by atoms with Crippen molar-refractivity contribution < 1.29 is 47.6 Å². The number of carbonyl (C=O) groups is 4. The Morgan fingerprint density at radius 1 is 0.443 bits per heavy atom. The fourth-order valence-electron chi connectivity index (χ4n) is 16.6. The number of hydrogen-bond acceptors (Lipinski definition) is 10. The number of ether oxygens (including phenoxy) is 6. The molecule has 0 radical (unpaired) electrons. The first-order valence-electron chi connectivity index (χ1n) is 28.4. The van der Waals surface area contributed by atoms with Crippen molar-refractivity contribution in [1.82, 2.24) is 0 Å². The molecule has 0 bridgehead atoms. The Balaban J connectivity index is 0.682. The molecular formula is C67H60N2O10. The molecule has 9 aliphatic rings. The van der Waals surface area contributed by atoms with E-state index < -0.39 is 23.7 Å². The van der Waals surface area contributed by atoms with Crippen molar-refractivity contribution in [1.29, 1.82) is 0 Å². The van der Waals surface area contributed by atoms with Crippen molar-refractivity contribution in [3.63, 3.8) is 0 Å². The van der Waals surface area contributed by atoms with Crippen molar-refractivity contribution in [2.45, 2.75) is 118 Å². The summed E-state index contributed by atoms with van der Waals surface area (Å²) in [4.78, 5) is 60.7. The van der Waals surface area contributed by atoms with Gasteiger partial charge in [0.15, 0.2) is 0 Å². The summed E-state index contributed by atoms with van der Waals surface area (Å²) in [6, 6.07) is 40.5. The molecule has 4 saturated heterocycles. The summed E-state index contributed by atoms with van der Waals surface area (Å²) in [5, 5.41) is 3.29. The molecule has 4 saturated carbocycles. The largest absolute Gasteiger partial charge is 0.481 e. The van der Waals surface area contributed by atoms with E-state index >= 15 is 0 Å². The van der Waals surface area contributed by atoms with Crippen LogP contribution in [0.4, 0.5) is 11.4 Å². The third-order valence-electron chi connectivity index (χ3n) is 19.9. The van der Waals surface area contributed by atoms with E-state index in [9.17, 15) is 19.2 Å². The van der Waals surface area contributed by atoms with Gasteiger partial charge in [0.25, 0.3) is 0 Å². The summed E-state index contributed by atoms with van der Waals surface area (Å²) in [5.41, 5.74) is 6.05. The smallest absolute Gasteiger partial charge is 0.237 e. The second kappa shape index (κ2) is 18.9. The summed E-state index contributed by atoms with van der Waals surface area (Å²) >= 11 is 0. The molecule has 4 heterocycles. The topological polar surface area (TPSA) is 130 Å². The number of nitrogens with zero attached hydrogens (tertiary/aromatic N) is 2. The van der Waals surface area contributed by atoms with Crippen LogP contribution in [0.3, 0.4) is 0 Å². The number of hydrogen-bond donors (Lipinski definition) is 0. The minimum absolute atomic E-state index is 0.128. The number of amides is 4. The number of fused-ring (bicyclic) bond motifs is 11. The van der Waals surface area contributed by atoms with Crippen LogP contribution in [0.5, 0.6) is 11.5 Å². The standard InChI is InChI=1S/C67H60N2O10/c1-3-27-74-41-21-23-43-37(29-41)11-9-17-53(43)68-63(70)47-33-59-61(35-49(47)65(68)72)78-57-31-39(19-25-55(57)76-59)67(51-15-7-5-13-45(51)46-14-6-8-16-52(46)67)40-20-26-56-58(32-40)79-62-36-50-48(34-60(62)77-56)64(71)69(66(50)73)54-18-10-12-38-30-42(75-28-4-2)22-24-44(38)54/h1-2,5-18,21-24,29-30,39-40,47-50,55-62H,19-20,25-28,31-36H2. The predicted octanol–water partition coefficient (Wildman–Crippen LogP) is 10.1. The van der Waals surface area contributed by atoms with Crippen molar-refractivity contribution in [3.8, 4) is 47.3 Å². The molecule has 6 aromatic carbocycles. The van der Waals surface area contributed by atoms with Crippen LogP contribution in [-0.2, 0) is 43.5 Å². The molecule has 15 rings (SSSR count). The summed E-state index contributed by atoms with van der Waals surface area (Å²) in [6.07, 6.45) is 15.8. The van der Waals surface area contributed by atoms with Gasteiger partial charge in [-0.3, -0.25) is 19.2 Å². The van der Waals surface area contributed by atoms with Crippen LogP contribution < -0.4 is 19.3 Å². The van der Waals surface area contributed by atoms with Crippen LogP contribution in [0.25, 0.3) is 32.7 Å². The van der Waals surface area contributed by atoms with Crippen LogP contribution in [0.1, 0.15) is 75.3 Å². The fraction of sp³-hybridized carbons (Fsp3) is 0.403. The second-order valence-electron chi connectivity index (χ2n) is 23.5. The van der Waals surface area contributed by atoms with E-state index in [2.05, 4.69) is 60.4 Å². The monoisotopic (exact) mass is 1050 g/mol. The van der Waals surface area contributed by atoms with Crippen LogP contribution >= 0.6 is 0 Å². The lowest BCUT2D eigenvalue weighted by molar-refractivity contribution is -0.258. The highest BCUT2D eigenvalue weighted by Crippen LogP contribution is 2.63. The highest BCUT2D eigenvalue weighted by atomic mass is 16.6. The molecule has 8 fully saturated rings. The Bertz CT molecular complexity index is 3380. The average Bonchev–Trinajstić information content (AvgIpc) is 2.78. The van der Waals surface area contributed by atoms with Crippen LogP contribution in [-0.4, -0.2) is 85.7 Å². The average molecular weight is 1050 g/mol. The van der Waals surface area contributed by atoms with Gasteiger partial charge in [0.2, 0.25) is 23.6 Å². The zero-order valence-corrected chi connectivity index (χ0v) is 43.7. The third-order valence-corrected chi connectivity index (χ3v) is 19.9. The number of anilines is 2. The SMILES string of the molecule is C#CCOc1ccc2c(N3C(=O)C4CC5OC6CCC(C7(C8CCC9OC%10CC%11C(=O)N(c%12cccc%13cc(OCC#C)ccc%12%13)C(=O)C%11CC%10OC9C8)c8ccccc8-c8ccccc87)CC6OC5CC4C3=O)cccc2c1. The minimum atomic E-state index is -0.505. The lowest BCUT2D eigenvalue weighted by Gasteiger charge is -2.56. The number of benzene rings is 6. The highest BCUT2D eigenvalue weighted by Gasteiger charge is 2.62. The first-order chi connectivity index (χ1) is 38.7. The summed E-state index contributed by atoms with van der Waals surface area (Å²) in [5.74, 6) is 3.94. The molecule has 6 aromatic rings. The second-order valence-corrected chi connectivity index (χ2v) is 23.5. The van der Waals surface area contributed by atoms with E-state index in [-0.39, 0.29) is 103 Å². The van der Waals surface area contributed by atoms with Gasteiger partial charge in [0.05, 0.1) is 83.9 Å². The lowest BCUT2D eigenvalue weighted by atomic mass is 9.53. The van der Waals surface area contributed by atoms with Crippen LogP contribution in [0, 0.1) is 60.2 Å². The van der Waals surface area contributed by atoms with Gasteiger partial charge >= 0.3 is 0 Å². The molecule has 4 aliphatic heterocycles. The van der Waals surface area contributed by atoms with E-state index in [1.54, 1.807) is 0 Å². The molecule has 398 valence electrons. The molecule has 12 heteroatoms. The van der Waals surface area contributed by atoms with E-state index in [1.165, 1.54) is 32.1 Å². The number of rotatable bonds is 8. The molecule has 12 nitrogen and oxygen atoms in total. The molecule has 0 spiro atoms. The maximum Gasteiger partial charge on any atom is 0.237 e. The number of carbonyl (C=O) groups excluding carboxylic acids is 4. The molecule has 5 aliphatic carbocycles. The lowest BCUT2D eigenvalue weighted by Crippen LogP contribution is -2.59. The molecule has 79 heavy (non-hydrogen) atoms. The Labute approximate surface area is 459 Å². The van der Waals surface area contributed by atoms with Crippen molar-refractivity contribution >= 4 is 56.5 Å². The van der Waals surface area contributed by atoms with Gasteiger partial charge in [-0.05, 0) is 158 Å². The van der Waals surface area contributed by atoms with Crippen molar-refractivity contribution in [3.05, 3.63) is 132 Å². The molecule has 14 unspecified atom stereocenters. The maximum atomic E-state index is 14.5. The first-order valence-corrected chi connectivity index (χ1v) is 28.4. The van der Waals surface area contributed by atoms with Crippen LogP contribution in [0.15, 0.2) is 121 Å². The van der Waals surface area contributed by atoms with Gasteiger partial charge in [0.1, 0.15) is 24.7 Å². The van der Waals surface area contributed by atoms with Gasteiger partial charge in [-0.25, -0.2) is 9.80 Å². The molecule has 14 atom stereocenters. The molecule has 0 N–H and O–H groups in total. The summed E-state index contributed by atoms with van der Waals surface area (Å²) in [6.45, 7) is 0.287. The molecule has 4 amide bonds. The van der Waals surface area contributed by atoms with E-state index in [1.807, 2.05) is 72.8 Å². The van der Waals surface area contributed by atoms with Gasteiger partial charge in [-0.15, -0.1) is 12.8 Å². The zero-order valence-electron chi connectivity index (χ0n) is 43.7. The first kappa shape index (κ1) is 48.8. The Hall–Kier alpha value is -7.32. The Morgan fingerprint density at radius 3 is 1.23 bits per heavy atom. The number of imide groups is 2. The van der Waals surface area contributed by atoms with Crippen molar-refractivity contribution in [2.75, 3.05) is 23.0 Å². The van der Waals surface area contributed by atoms with Gasteiger partial charge in [-0.1, -0.05) is 84.6 Å². The van der Waals surface area contributed by atoms with Crippen molar-refractivity contribution in [2.24, 2.45) is 35.5 Å². The van der Waals surface area contributed by atoms with Gasteiger partial charge in [-0.2, -0.15) is 0 Å². The van der Waals surface area contributed by atoms with E-state index in [0.29, 0.717) is 48.6 Å². The zero-order chi connectivity index (χ0) is 53.3. The summed E-state index contributed by atoms with van der Waals surface area (Å²) in [7, 11) is 0. The van der Waals surface area contributed by atoms with Crippen LogP contribution in [0.2, 0.25) is 0 Å². The predicted molar refractivity (Wildman–Crippen MR) is 296 cm³/mol. The normalized spacial score (nSPS) is 32.8. The highest BCUT2D eigenvalue weighted by molar-refractivity contribution is 6.26. The quantitative estimate of drug-likeness (QED) is 0.107. The Kier molecular flexibility index (Phi) is 11.7. The van der Waals surface area contributed by atoms with E-state index in [4.69, 9.17) is 41.3 Å². The Morgan fingerprint density at radius 2 is 0.823 bits per heavy atom. The van der Waals surface area contributed by atoms with Gasteiger partial charge in [0, 0.05) is 16.2 Å². The number of terminal acetylenes is 2. The van der Waals surface area contributed by atoms with E-state index in [0.717, 1.165) is 60.1 Å². The minimum Gasteiger partial charge on any atom is -0.481 e. The fourth-order valence-corrected chi connectivity index (χ4v) is 16.6. The summed E-state index contributed by atoms with van der Waals surface area (Å²) < 4.78 is 40.0. The van der Waals surface area contributed by atoms with Gasteiger partial charge < -0.3 is 28.4 Å². The molecule has 0 aromatic heterocycles. The third kappa shape index (κ3) is 7.51. The maximum absolute atomic E-state index is 14.5. The molecular weight excluding hydrogens is 993 g/mol.